The fraction of sp³-hybridized carbons (Fsp3) is 0.438. The van der Waals surface area contributed by atoms with Crippen LogP contribution in [0.5, 0.6) is 0 Å². The highest BCUT2D eigenvalue weighted by atomic mass is 32.2. The number of rotatable bonds is 4. The van der Waals surface area contributed by atoms with E-state index in [9.17, 15) is 8.42 Å². The van der Waals surface area contributed by atoms with E-state index in [1.807, 2.05) is 13.0 Å². The summed E-state index contributed by atoms with van der Waals surface area (Å²) in [7, 11) is -3.58. The summed E-state index contributed by atoms with van der Waals surface area (Å²) in [6, 6.07) is 6.72. The molecule has 1 aromatic rings. The zero-order valence-corrected chi connectivity index (χ0v) is 13.6. The summed E-state index contributed by atoms with van der Waals surface area (Å²) in [6.07, 6.45) is 6.90. The van der Waals surface area contributed by atoms with Crippen molar-refractivity contribution < 1.29 is 8.42 Å². The van der Waals surface area contributed by atoms with Crippen molar-refractivity contribution in [3.8, 4) is 0 Å². The summed E-state index contributed by atoms with van der Waals surface area (Å²) in [5.74, 6) is 0. The number of hydrogen-bond donors (Lipinski definition) is 1. The molecule has 0 saturated carbocycles. The number of aryl methyl sites for hydroxylation is 1. The third-order valence-corrected chi connectivity index (χ3v) is 5.30. The Morgan fingerprint density at radius 1 is 1.29 bits per heavy atom. The topological polar surface area (TPSA) is 58.5 Å². The molecule has 0 amide bonds. The Morgan fingerprint density at radius 2 is 1.95 bits per heavy atom. The van der Waals surface area contributed by atoms with E-state index in [1.54, 1.807) is 24.3 Å². The molecule has 1 aromatic carbocycles. The van der Waals surface area contributed by atoms with Gasteiger partial charge in [0, 0.05) is 0 Å². The van der Waals surface area contributed by atoms with Gasteiger partial charge in [-0.25, -0.2) is 0 Å². The van der Waals surface area contributed by atoms with Crippen LogP contribution in [0.1, 0.15) is 38.7 Å². The fourth-order valence-corrected chi connectivity index (χ4v) is 2.99. The first-order valence-corrected chi connectivity index (χ1v) is 8.67. The number of hydrogen-bond acceptors (Lipinski definition) is 3. The lowest BCUT2D eigenvalue weighted by molar-refractivity contribution is 0.379. The molecule has 0 radical (unpaired) electrons. The van der Waals surface area contributed by atoms with Crippen molar-refractivity contribution in [1.82, 2.24) is 4.83 Å². The molecule has 1 unspecified atom stereocenters. The number of allylic oxidation sites excluding steroid dienone is 2. The Morgan fingerprint density at radius 3 is 2.48 bits per heavy atom. The molecule has 1 aliphatic rings. The monoisotopic (exact) mass is 306 g/mol. The smallest absolute Gasteiger partial charge is 0.200 e. The van der Waals surface area contributed by atoms with Crippen LogP contribution in [-0.2, 0) is 10.0 Å². The average Bonchev–Trinajstić information content (AvgIpc) is 2.47. The van der Waals surface area contributed by atoms with Crippen molar-refractivity contribution in [3.63, 3.8) is 0 Å². The Balaban J connectivity index is 2.10. The van der Waals surface area contributed by atoms with Crippen LogP contribution in [0.2, 0.25) is 0 Å². The van der Waals surface area contributed by atoms with Crippen molar-refractivity contribution >= 4 is 15.7 Å². The molecule has 0 heterocycles. The summed E-state index contributed by atoms with van der Waals surface area (Å²) in [4.78, 5) is 2.55. The summed E-state index contributed by atoms with van der Waals surface area (Å²) < 4.78 is 24.3. The van der Waals surface area contributed by atoms with E-state index < -0.39 is 10.0 Å². The lowest BCUT2D eigenvalue weighted by Gasteiger charge is -2.27. The zero-order valence-electron chi connectivity index (χ0n) is 12.8. The first kappa shape index (κ1) is 15.8. The maximum absolute atomic E-state index is 12.1. The number of nitrogens with zero attached hydrogens (tertiary/aromatic N) is 1. The molecule has 114 valence electrons. The first-order valence-electron chi connectivity index (χ1n) is 7.19. The molecular weight excluding hydrogens is 284 g/mol. The average molecular weight is 306 g/mol. The molecule has 2 rings (SSSR count). The van der Waals surface area contributed by atoms with Crippen LogP contribution in [0.3, 0.4) is 0 Å². The van der Waals surface area contributed by atoms with Gasteiger partial charge in [-0.05, 0) is 49.8 Å². The molecule has 1 atom stereocenters. The third-order valence-electron chi connectivity index (χ3n) is 4.08. The predicted octanol–water partition coefficient (Wildman–Crippen LogP) is 3.40. The number of hydrazone groups is 1. The first-order chi connectivity index (χ1) is 9.85. The van der Waals surface area contributed by atoms with Crippen LogP contribution >= 0.6 is 0 Å². The minimum atomic E-state index is -3.58. The van der Waals surface area contributed by atoms with Crippen LogP contribution in [-0.4, -0.2) is 14.1 Å². The standard InChI is InChI=1S/C16H22N2O2S/c1-4-16(3)11-9-14(10-12-16)17-18-21(19,20)15-7-5-13(2)6-8-15/h5-9,11,18H,4,10,12H2,1-3H3. The molecule has 1 N–H and O–H groups in total. The molecule has 0 spiro atoms. The lowest BCUT2D eigenvalue weighted by atomic mass is 9.78. The minimum Gasteiger partial charge on any atom is -0.200 e. The fourth-order valence-electron chi connectivity index (χ4n) is 2.15. The molecular formula is C16H22N2O2S. The summed E-state index contributed by atoms with van der Waals surface area (Å²) in [5.41, 5.74) is 2.00. The maximum Gasteiger partial charge on any atom is 0.276 e. The van der Waals surface area contributed by atoms with Gasteiger partial charge in [-0.1, -0.05) is 37.6 Å². The van der Waals surface area contributed by atoms with Gasteiger partial charge in [-0.15, -0.1) is 0 Å². The second-order valence-electron chi connectivity index (χ2n) is 5.85. The molecule has 0 saturated heterocycles. The largest absolute Gasteiger partial charge is 0.276 e. The number of nitrogens with one attached hydrogen (secondary N) is 1. The molecule has 0 aromatic heterocycles. The molecule has 21 heavy (non-hydrogen) atoms. The van der Waals surface area contributed by atoms with E-state index >= 15 is 0 Å². The quantitative estimate of drug-likeness (QED) is 0.867. The third kappa shape index (κ3) is 3.94. The van der Waals surface area contributed by atoms with Gasteiger partial charge in [0.2, 0.25) is 0 Å². The van der Waals surface area contributed by atoms with Crippen LogP contribution in [0.4, 0.5) is 0 Å². The van der Waals surface area contributed by atoms with Crippen LogP contribution in [0.25, 0.3) is 0 Å². The van der Waals surface area contributed by atoms with Gasteiger partial charge in [0.15, 0.2) is 0 Å². The van der Waals surface area contributed by atoms with E-state index in [2.05, 4.69) is 29.9 Å². The van der Waals surface area contributed by atoms with Crippen molar-refractivity contribution in [2.45, 2.75) is 44.9 Å². The van der Waals surface area contributed by atoms with Gasteiger partial charge in [0.25, 0.3) is 10.0 Å². The Labute approximate surface area is 127 Å². The Hall–Kier alpha value is -1.62. The molecule has 1 aliphatic carbocycles. The normalized spacial score (nSPS) is 24.2. The van der Waals surface area contributed by atoms with Gasteiger partial charge >= 0.3 is 0 Å². The molecule has 4 nitrogen and oxygen atoms in total. The molecule has 0 bridgehead atoms. The van der Waals surface area contributed by atoms with Crippen LogP contribution in [0, 0.1) is 12.3 Å². The van der Waals surface area contributed by atoms with E-state index in [4.69, 9.17) is 0 Å². The van der Waals surface area contributed by atoms with Crippen molar-refractivity contribution in [1.29, 1.82) is 0 Å². The highest BCUT2D eigenvalue weighted by Crippen LogP contribution is 2.32. The summed E-state index contributed by atoms with van der Waals surface area (Å²) in [5, 5.41) is 4.05. The summed E-state index contributed by atoms with van der Waals surface area (Å²) in [6.45, 7) is 6.28. The maximum atomic E-state index is 12.1. The van der Waals surface area contributed by atoms with Crippen LogP contribution in [0.15, 0.2) is 46.4 Å². The highest BCUT2D eigenvalue weighted by Gasteiger charge is 2.23. The minimum absolute atomic E-state index is 0.203. The number of benzene rings is 1. The van der Waals surface area contributed by atoms with Gasteiger partial charge in [-0.3, -0.25) is 0 Å². The van der Waals surface area contributed by atoms with Gasteiger partial charge in [0.1, 0.15) is 0 Å². The van der Waals surface area contributed by atoms with Gasteiger partial charge < -0.3 is 0 Å². The second kappa shape index (κ2) is 6.02. The summed E-state index contributed by atoms with van der Waals surface area (Å²) >= 11 is 0. The zero-order chi connectivity index (χ0) is 15.5. The predicted molar refractivity (Wildman–Crippen MR) is 85.7 cm³/mol. The number of sulfonamides is 1. The SMILES string of the molecule is CCC1(C)C=CC(=NNS(=O)(=O)c2ccc(C)cc2)CC1. The highest BCUT2D eigenvalue weighted by molar-refractivity contribution is 7.89. The second-order valence-corrected chi connectivity index (χ2v) is 7.51. The van der Waals surface area contributed by atoms with Crippen molar-refractivity contribution in [2.24, 2.45) is 10.5 Å². The van der Waals surface area contributed by atoms with E-state index in [-0.39, 0.29) is 10.3 Å². The van der Waals surface area contributed by atoms with Crippen LogP contribution < -0.4 is 4.83 Å². The van der Waals surface area contributed by atoms with Gasteiger partial charge in [-0.2, -0.15) is 18.4 Å². The lowest BCUT2D eigenvalue weighted by Crippen LogP contribution is -2.23. The van der Waals surface area contributed by atoms with Gasteiger partial charge in [0.05, 0.1) is 10.6 Å². The van der Waals surface area contributed by atoms with E-state index in [0.717, 1.165) is 30.5 Å². The van der Waals surface area contributed by atoms with E-state index in [0.29, 0.717) is 0 Å². The Kier molecular flexibility index (Phi) is 4.52. The van der Waals surface area contributed by atoms with E-state index in [1.165, 1.54) is 0 Å². The molecule has 5 heteroatoms. The van der Waals surface area contributed by atoms with Crippen molar-refractivity contribution in [3.05, 3.63) is 42.0 Å². The Bertz CT molecular complexity index is 660. The molecule has 0 aliphatic heterocycles. The van der Waals surface area contributed by atoms with Crippen molar-refractivity contribution in [2.75, 3.05) is 0 Å². The molecule has 0 fully saturated rings.